The number of sulfonamides is 1. The van der Waals surface area contributed by atoms with Gasteiger partial charge in [0.25, 0.3) is 0 Å². The van der Waals surface area contributed by atoms with Crippen LogP contribution < -0.4 is 5.73 Å². The first-order valence-corrected chi connectivity index (χ1v) is 9.23. The molecule has 3 rings (SSSR count). The number of rotatable bonds is 2. The summed E-state index contributed by atoms with van der Waals surface area (Å²) in [5.74, 6) is -0.0253. The van der Waals surface area contributed by atoms with Crippen LogP contribution in [0.4, 0.5) is 0 Å². The molecule has 3 N–H and O–H groups in total. The van der Waals surface area contributed by atoms with Crippen LogP contribution in [0.5, 0.6) is 0 Å². The summed E-state index contributed by atoms with van der Waals surface area (Å²) in [5.41, 5.74) is 5.59. The molecule has 0 aliphatic carbocycles. The van der Waals surface area contributed by atoms with Crippen molar-refractivity contribution in [2.75, 3.05) is 13.1 Å². The zero-order valence-electron chi connectivity index (χ0n) is 13.7. The maximum Gasteiger partial charge on any atom is 0.244 e. The quantitative estimate of drug-likeness (QED) is 0.628. The molecule has 0 amide bonds. The largest absolute Gasteiger partial charge is 0.370 e. The molecule has 2 heterocycles. The van der Waals surface area contributed by atoms with E-state index in [9.17, 15) is 8.42 Å². The number of hydrogen-bond acceptors (Lipinski definition) is 4. The van der Waals surface area contributed by atoms with E-state index >= 15 is 0 Å². The van der Waals surface area contributed by atoms with Gasteiger partial charge in [0.15, 0.2) is 5.96 Å². The summed E-state index contributed by atoms with van der Waals surface area (Å²) in [6, 6.07) is 6.49. The SMILES string of the molecule is CC1C(C)N(S(=O)(=O)c2cccc3cnccc23)CCN1C(=N)N. The lowest BCUT2D eigenvalue weighted by Crippen LogP contribution is -2.61. The van der Waals surface area contributed by atoms with Gasteiger partial charge in [-0.3, -0.25) is 10.4 Å². The number of fused-ring (bicyclic) bond motifs is 1. The van der Waals surface area contributed by atoms with Crippen LogP contribution >= 0.6 is 0 Å². The van der Waals surface area contributed by atoms with Crippen molar-refractivity contribution < 1.29 is 8.42 Å². The van der Waals surface area contributed by atoms with Gasteiger partial charge in [-0.25, -0.2) is 8.42 Å². The summed E-state index contributed by atoms with van der Waals surface area (Å²) in [6.07, 6.45) is 3.26. The van der Waals surface area contributed by atoms with E-state index in [2.05, 4.69) is 4.98 Å². The Balaban J connectivity index is 2.03. The molecule has 0 bridgehead atoms. The number of piperazine rings is 1. The van der Waals surface area contributed by atoms with Crippen LogP contribution in [0.25, 0.3) is 10.8 Å². The van der Waals surface area contributed by atoms with Gasteiger partial charge >= 0.3 is 0 Å². The molecule has 2 atom stereocenters. The Hall–Kier alpha value is -2.19. The third-order valence-corrected chi connectivity index (χ3v) is 6.79. The molecule has 8 heteroatoms. The molecular weight excluding hydrogens is 326 g/mol. The lowest BCUT2D eigenvalue weighted by atomic mass is 10.1. The summed E-state index contributed by atoms with van der Waals surface area (Å²) >= 11 is 0. The van der Waals surface area contributed by atoms with Crippen LogP contribution in [0.2, 0.25) is 0 Å². The second-order valence-corrected chi connectivity index (χ2v) is 7.89. The molecule has 2 unspecified atom stereocenters. The topological polar surface area (TPSA) is 103 Å². The van der Waals surface area contributed by atoms with E-state index in [1.54, 1.807) is 35.5 Å². The molecule has 24 heavy (non-hydrogen) atoms. The van der Waals surface area contributed by atoms with E-state index in [1.807, 2.05) is 19.9 Å². The Kier molecular flexibility index (Phi) is 4.18. The summed E-state index contributed by atoms with van der Waals surface area (Å²) in [4.78, 5) is 6.07. The van der Waals surface area contributed by atoms with Crippen molar-refractivity contribution in [2.45, 2.75) is 30.8 Å². The smallest absolute Gasteiger partial charge is 0.244 e. The zero-order valence-corrected chi connectivity index (χ0v) is 14.5. The minimum atomic E-state index is -3.65. The number of hydrogen-bond donors (Lipinski definition) is 2. The molecule has 128 valence electrons. The van der Waals surface area contributed by atoms with Crippen molar-refractivity contribution in [2.24, 2.45) is 5.73 Å². The lowest BCUT2D eigenvalue weighted by Gasteiger charge is -2.44. The standard InChI is InChI=1S/C16H21N5O2S/c1-11-12(2)21(9-8-20(11)16(17)18)24(22,23)15-5-3-4-13-10-19-7-6-14(13)15/h3-7,10-12H,8-9H2,1-2H3,(H3,17,18). The van der Waals surface area contributed by atoms with Gasteiger partial charge in [0.1, 0.15) is 0 Å². The third kappa shape index (κ3) is 2.61. The number of benzene rings is 1. The minimum Gasteiger partial charge on any atom is -0.370 e. The molecule has 1 aliphatic heterocycles. The molecule has 1 aromatic carbocycles. The van der Waals surface area contributed by atoms with Crippen LogP contribution in [0.3, 0.4) is 0 Å². The van der Waals surface area contributed by atoms with Crippen LogP contribution in [-0.2, 0) is 10.0 Å². The molecule has 7 nitrogen and oxygen atoms in total. The predicted octanol–water partition coefficient (Wildman–Crippen LogP) is 1.21. The maximum absolute atomic E-state index is 13.2. The Morgan fingerprint density at radius 1 is 1.25 bits per heavy atom. The molecule has 1 fully saturated rings. The fourth-order valence-electron chi connectivity index (χ4n) is 3.24. The average molecular weight is 347 g/mol. The number of guanidine groups is 1. The van der Waals surface area contributed by atoms with Gasteiger partial charge in [-0.2, -0.15) is 4.31 Å². The second-order valence-electron chi connectivity index (χ2n) is 6.03. The first-order chi connectivity index (χ1) is 11.3. The van der Waals surface area contributed by atoms with Gasteiger partial charge < -0.3 is 10.6 Å². The third-order valence-electron chi connectivity index (χ3n) is 4.74. The highest BCUT2D eigenvalue weighted by molar-refractivity contribution is 7.89. The molecule has 1 saturated heterocycles. The first-order valence-electron chi connectivity index (χ1n) is 7.79. The number of aromatic nitrogens is 1. The van der Waals surface area contributed by atoms with Crippen molar-refractivity contribution >= 4 is 26.8 Å². The highest BCUT2D eigenvalue weighted by Gasteiger charge is 2.39. The average Bonchev–Trinajstić information content (AvgIpc) is 2.56. The van der Waals surface area contributed by atoms with Gasteiger partial charge in [-0.15, -0.1) is 0 Å². The minimum absolute atomic E-state index is 0.0253. The van der Waals surface area contributed by atoms with Gasteiger partial charge in [0.2, 0.25) is 10.0 Å². The van der Waals surface area contributed by atoms with E-state index in [-0.39, 0.29) is 22.9 Å². The number of nitrogens with zero attached hydrogens (tertiary/aromatic N) is 3. The van der Waals surface area contributed by atoms with Gasteiger partial charge in [-0.1, -0.05) is 12.1 Å². The van der Waals surface area contributed by atoms with Crippen molar-refractivity contribution in [3.8, 4) is 0 Å². The number of nitrogens with one attached hydrogen (secondary N) is 1. The number of nitrogens with two attached hydrogens (primary N) is 1. The van der Waals surface area contributed by atoms with E-state index in [0.29, 0.717) is 18.5 Å². The van der Waals surface area contributed by atoms with Crippen molar-refractivity contribution in [3.05, 3.63) is 36.7 Å². The van der Waals surface area contributed by atoms with Crippen LogP contribution in [0.1, 0.15) is 13.8 Å². The summed E-state index contributed by atoms with van der Waals surface area (Å²) in [5, 5.41) is 9.09. The summed E-state index contributed by atoms with van der Waals surface area (Å²) in [6.45, 7) is 4.45. The lowest BCUT2D eigenvalue weighted by molar-refractivity contribution is 0.143. The number of pyridine rings is 1. The van der Waals surface area contributed by atoms with Gasteiger partial charge in [0.05, 0.1) is 4.90 Å². The molecule has 1 aliphatic rings. The van der Waals surface area contributed by atoms with Crippen molar-refractivity contribution in [3.63, 3.8) is 0 Å². The van der Waals surface area contributed by atoms with Crippen LogP contribution in [0, 0.1) is 5.41 Å². The highest BCUT2D eigenvalue weighted by atomic mass is 32.2. The van der Waals surface area contributed by atoms with E-state index in [4.69, 9.17) is 11.1 Å². The fraction of sp³-hybridized carbons (Fsp3) is 0.375. The van der Waals surface area contributed by atoms with E-state index in [1.165, 1.54) is 4.31 Å². The Bertz CT molecular complexity index is 878. The monoisotopic (exact) mass is 347 g/mol. The molecular formula is C16H21N5O2S. The predicted molar refractivity (Wildman–Crippen MR) is 93.2 cm³/mol. The van der Waals surface area contributed by atoms with Gasteiger partial charge in [-0.05, 0) is 26.0 Å². The van der Waals surface area contributed by atoms with Crippen molar-refractivity contribution in [1.29, 1.82) is 5.41 Å². The molecule has 1 aromatic heterocycles. The second kappa shape index (κ2) is 6.03. The van der Waals surface area contributed by atoms with Crippen LogP contribution in [-0.4, -0.2) is 53.7 Å². The van der Waals surface area contributed by atoms with Gasteiger partial charge in [0, 0.05) is 48.3 Å². The zero-order chi connectivity index (χ0) is 17.5. The maximum atomic E-state index is 13.2. The molecule has 0 saturated carbocycles. The molecule has 2 aromatic rings. The summed E-state index contributed by atoms with van der Waals surface area (Å²) in [7, 11) is -3.65. The van der Waals surface area contributed by atoms with Crippen LogP contribution in [0.15, 0.2) is 41.6 Å². The fourth-order valence-corrected chi connectivity index (χ4v) is 5.14. The van der Waals surface area contributed by atoms with E-state index in [0.717, 1.165) is 5.39 Å². The highest BCUT2D eigenvalue weighted by Crippen LogP contribution is 2.29. The molecule has 0 radical (unpaired) electrons. The Morgan fingerprint density at radius 3 is 2.71 bits per heavy atom. The van der Waals surface area contributed by atoms with E-state index < -0.39 is 10.0 Å². The first kappa shape index (κ1) is 16.7. The summed E-state index contributed by atoms with van der Waals surface area (Å²) < 4.78 is 28.0. The molecule has 0 spiro atoms. The van der Waals surface area contributed by atoms with Crippen molar-refractivity contribution in [1.82, 2.24) is 14.2 Å². The Morgan fingerprint density at radius 2 is 2.00 bits per heavy atom. The normalized spacial score (nSPS) is 22.7. The Labute approximate surface area is 141 Å².